The van der Waals surface area contributed by atoms with Crippen LogP contribution < -0.4 is 15.0 Å². The van der Waals surface area contributed by atoms with Gasteiger partial charge >= 0.3 is 12.1 Å². The number of nitrogens with one attached hydrogen (secondary N) is 1. The number of nitrogens with zero attached hydrogens (tertiary/aromatic N) is 2. The van der Waals surface area contributed by atoms with Crippen molar-refractivity contribution in [3.63, 3.8) is 0 Å². The molecule has 0 saturated heterocycles. The molecule has 11 heteroatoms. The molecule has 1 aliphatic rings. The maximum atomic E-state index is 12.8. The first kappa shape index (κ1) is 19.1. The van der Waals surface area contributed by atoms with Crippen LogP contribution in [-0.2, 0) is 15.8 Å². The molecular weight excluding hydrogens is 383 g/mol. The summed E-state index contributed by atoms with van der Waals surface area (Å²) in [5, 5.41) is 13.2. The van der Waals surface area contributed by atoms with E-state index in [9.17, 15) is 32.9 Å². The number of hydrogen-bond donors (Lipinski definition) is 1. The summed E-state index contributed by atoms with van der Waals surface area (Å²) in [5.41, 5.74) is -0.973. The van der Waals surface area contributed by atoms with E-state index < -0.39 is 28.5 Å². The van der Waals surface area contributed by atoms with Crippen LogP contribution in [0.25, 0.3) is 0 Å². The number of benzene rings is 2. The van der Waals surface area contributed by atoms with Crippen molar-refractivity contribution in [3.05, 3.63) is 58.1 Å². The minimum absolute atomic E-state index is 0.0525. The number of halogens is 3. The van der Waals surface area contributed by atoms with Gasteiger partial charge in [-0.05, 0) is 24.3 Å². The third-order valence-corrected chi connectivity index (χ3v) is 3.85. The third-order valence-electron chi connectivity index (χ3n) is 3.85. The molecule has 0 radical (unpaired) electrons. The Labute approximate surface area is 155 Å². The molecule has 0 atom stereocenters. The van der Waals surface area contributed by atoms with Crippen molar-refractivity contribution in [1.82, 2.24) is 0 Å². The Hall–Kier alpha value is -3.63. The van der Waals surface area contributed by atoms with Crippen LogP contribution in [0, 0.1) is 10.1 Å². The first-order valence-corrected chi connectivity index (χ1v) is 7.84. The van der Waals surface area contributed by atoms with Gasteiger partial charge in [0.15, 0.2) is 5.75 Å². The van der Waals surface area contributed by atoms with E-state index in [2.05, 4.69) is 5.32 Å². The van der Waals surface area contributed by atoms with Gasteiger partial charge in [0, 0.05) is 11.8 Å². The Bertz CT molecular complexity index is 961. The zero-order valence-corrected chi connectivity index (χ0v) is 14.0. The summed E-state index contributed by atoms with van der Waals surface area (Å²) in [6.07, 6.45) is -4.55. The Morgan fingerprint density at radius 2 is 2.00 bits per heavy atom. The SMILES string of the molecule is O=C(CN1CC(=O)Oc2cc([N+](=O)[O-])ccc21)Nc1cccc(C(F)(F)F)c1. The van der Waals surface area contributed by atoms with Crippen LogP contribution in [0.4, 0.5) is 30.2 Å². The first-order chi connectivity index (χ1) is 13.1. The zero-order valence-electron chi connectivity index (χ0n) is 14.0. The van der Waals surface area contributed by atoms with E-state index in [1.165, 1.54) is 23.1 Å². The summed E-state index contributed by atoms with van der Waals surface area (Å²) in [4.78, 5) is 35.5. The molecule has 0 aliphatic carbocycles. The molecule has 2 aromatic carbocycles. The van der Waals surface area contributed by atoms with Gasteiger partial charge in [-0.25, -0.2) is 4.79 Å². The molecule has 0 unspecified atom stereocenters. The minimum Gasteiger partial charge on any atom is -0.423 e. The third kappa shape index (κ3) is 4.19. The molecule has 0 fully saturated rings. The second kappa shape index (κ2) is 7.18. The Morgan fingerprint density at radius 1 is 1.25 bits per heavy atom. The van der Waals surface area contributed by atoms with Crippen LogP contribution in [-0.4, -0.2) is 29.9 Å². The summed E-state index contributed by atoms with van der Waals surface area (Å²) in [7, 11) is 0. The number of esters is 1. The van der Waals surface area contributed by atoms with Crippen LogP contribution in [0.2, 0.25) is 0 Å². The lowest BCUT2D eigenvalue weighted by molar-refractivity contribution is -0.384. The Morgan fingerprint density at radius 3 is 2.68 bits per heavy atom. The monoisotopic (exact) mass is 395 g/mol. The molecule has 0 bridgehead atoms. The summed E-state index contributed by atoms with van der Waals surface area (Å²) in [5.74, 6) is -1.46. The summed E-state index contributed by atoms with van der Waals surface area (Å²) in [6, 6.07) is 7.70. The fourth-order valence-electron chi connectivity index (χ4n) is 2.64. The van der Waals surface area contributed by atoms with E-state index in [1.807, 2.05) is 0 Å². The maximum absolute atomic E-state index is 12.8. The highest BCUT2D eigenvalue weighted by Gasteiger charge is 2.31. The van der Waals surface area contributed by atoms with Crippen molar-refractivity contribution in [3.8, 4) is 5.75 Å². The largest absolute Gasteiger partial charge is 0.423 e. The zero-order chi connectivity index (χ0) is 20.5. The highest BCUT2D eigenvalue weighted by atomic mass is 19.4. The van der Waals surface area contributed by atoms with E-state index in [1.54, 1.807) is 0 Å². The Balaban J connectivity index is 1.76. The second-order valence-electron chi connectivity index (χ2n) is 5.87. The number of rotatable bonds is 4. The molecule has 28 heavy (non-hydrogen) atoms. The quantitative estimate of drug-likeness (QED) is 0.370. The number of fused-ring (bicyclic) bond motifs is 1. The van der Waals surface area contributed by atoms with Gasteiger partial charge in [-0.1, -0.05) is 6.07 Å². The number of carbonyl (C=O) groups excluding carboxylic acids is 2. The molecule has 0 saturated carbocycles. The molecular formula is C17H12F3N3O5. The lowest BCUT2D eigenvalue weighted by atomic mass is 10.2. The van der Waals surface area contributed by atoms with Crippen LogP contribution in [0.5, 0.6) is 5.75 Å². The molecule has 1 heterocycles. The number of nitro benzene ring substituents is 1. The van der Waals surface area contributed by atoms with Crippen molar-refractivity contribution >= 4 is 28.9 Å². The van der Waals surface area contributed by atoms with Gasteiger partial charge in [-0.3, -0.25) is 14.9 Å². The van der Waals surface area contributed by atoms with Gasteiger partial charge in [-0.15, -0.1) is 0 Å². The van der Waals surface area contributed by atoms with Crippen molar-refractivity contribution in [2.75, 3.05) is 23.3 Å². The fourth-order valence-corrected chi connectivity index (χ4v) is 2.64. The van der Waals surface area contributed by atoms with Gasteiger partial charge in [0.1, 0.15) is 6.54 Å². The maximum Gasteiger partial charge on any atom is 0.416 e. The van der Waals surface area contributed by atoms with Crippen molar-refractivity contribution in [1.29, 1.82) is 0 Å². The molecule has 1 amide bonds. The molecule has 1 aliphatic heterocycles. The summed E-state index contributed by atoms with van der Waals surface area (Å²) < 4.78 is 43.2. The molecule has 0 spiro atoms. The number of nitro groups is 1. The smallest absolute Gasteiger partial charge is 0.416 e. The average Bonchev–Trinajstić information content (AvgIpc) is 2.60. The number of amides is 1. The second-order valence-corrected chi connectivity index (χ2v) is 5.87. The van der Waals surface area contributed by atoms with E-state index in [4.69, 9.17) is 4.74 Å². The molecule has 0 aromatic heterocycles. The van der Waals surface area contributed by atoms with Gasteiger partial charge < -0.3 is 15.0 Å². The number of carbonyl (C=O) groups is 2. The molecule has 8 nitrogen and oxygen atoms in total. The first-order valence-electron chi connectivity index (χ1n) is 7.84. The van der Waals surface area contributed by atoms with E-state index >= 15 is 0 Å². The van der Waals surface area contributed by atoms with Crippen LogP contribution in [0.15, 0.2) is 42.5 Å². The number of hydrogen-bond acceptors (Lipinski definition) is 6. The summed E-state index contributed by atoms with van der Waals surface area (Å²) in [6.45, 7) is -0.656. The number of anilines is 2. The number of non-ortho nitro benzene ring substituents is 1. The predicted octanol–water partition coefficient (Wildman–Crippen LogP) is 2.98. The molecule has 146 valence electrons. The van der Waals surface area contributed by atoms with Gasteiger partial charge in [0.25, 0.3) is 5.69 Å². The molecule has 1 N–H and O–H groups in total. The highest BCUT2D eigenvalue weighted by Crippen LogP contribution is 2.35. The van der Waals surface area contributed by atoms with E-state index in [0.717, 1.165) is 24.3 Å². The summed E-state index contributed by atoms with van der Waals surface area (Å²) >= 11 is 0. The normalized spacial score (nSPS) is 13.5. The number of alkyl halides is 3. The van der Waals surface area contributed by atoms with E-state index in [-0.39, 0.29) is 35.9 Å². The fraction of sp³-hybridized carbons (Fsp3) is 0.176. The standard InChI is InChI=1S/C17H12F3N3O5/c18-17(19,20)10-2-1-3-11(6-10)21-15(24)8-22-9-16(25)28-14-7-12(23(26)27)4-5-13(14)22/h1-7H,8-9H2,(H,21,24). The van der Waals surface area contributed by atoms with Crippen LogP contribution >= 0.6 is 0 Å². The minimum atomic E-state index is -4.55. The lowest BCUT2D eigenvalue weighted by Gasteiger charge is -2.29. The van der Waals surface area contributed by atoms with Gasteiger partial charge in [0.05, 0.1) is 28.8 Å². The molecule has 2 aromatic rings. The van der Waals surface area contributed by atoms with Crippen LogP contribution in [0.1, 0.15) is 5.56 Å². The van der Waals surface area contributed by atoms with Gasteiger partial charge in [0.2, 0.25) is 5.91 Å². The number of ether oxygens (including phenoxy) is 1. The topological polar surface area (TPSA) is 102 Å². The van der Waals surface area contributed by atoms with E-state index in [0.29, 0.717) is 0 Å². The lowest BCUT2D eigenvalue weighted by Crippen LogP contribution is -2.41. The predicted molar refractivity (Wildman–Crippen MR) is 91.0 cm³/mol. The van der Waals surface area contributed by atoms with Crippen LogP contribution in [0.3, 0.4) is 0 Å². The van der Waals surface area contributed by atoms with Crippen molar-refractivity contribution < 1.29 is 32.4 Å². The van der Waals surface area contributed by atoms with Gasteiger partial charge in [-0.2, -0.15) is 13.2 Å². The average molecular weight is 395 g/mol. The Kier molecular flexibility index (Phi) is 4.91. The van der Waals surface area contributed by atoms with Crippen molar-refractivity contribution in [2.45, 2.75) is 6.18 Å². The van der Waals surface area contributed by atoms with Crippen molar-refractivity contribution in [2.24, 2.45) is 0 Å². The molecule has 3 rings (SSSR count). The highest BCUT2D eigenvalue weighted by molar-refractivity contribution is 5.96.